The third-order valence-electron chi connectivity index (χ3n) is 4.31. The molecule has 0 atom stereocenters. The molecule has 0 saturated heterocycles. The van der Waals surface area contributed by atoms with Crippen LogP contribution in [0, 0.1) is 5.82 Å². The molecule has 0 saturated carbocycles. The number of urea groups is 1. The summed E-state index contributed by atoms with van der Waals surface area (Å²) in [5.41, 5.74) is 1.25. The van der Waals surface area contributed by atoms with Gasteiger partial charge in [0.2, 0.25) is 5.91 Å². The molecule has 3 amide bonds. The molecule has 28 heavy (non-hydrogen) atoms. The number of benzene rings is 2. The van der Waals surface area contributed by atoms with Crippen molar-refractivity contribution in [3.05, 3.63) is 64.9 Å². The van der Waals surface area contributed by atoms with Crippen LogP contribution in [0.4, 0.5) is 14.9 Å². The van der Waals surface area contributed by atoms with E-state index in [9.17, 15) is 14.0 Å². The van der Waals surface area contributed by atoms with E-state index >= 15 is 0 Å². The predicted molar refractivity (Wildman–Crippen MR) is 110 cm³/mol. The monoisotopic (exact) mass is 405 g/mol. The molecule has 0 aromatic heterocycles. The summed E-state index contributed by atoms with van der Waals surface area (Å²) < 4.78 is 13.7. The van der Waals surface area contributed by atoms with Gasteiger partial charge >= 0.3 is 6.03 Å². The van der Waals surface area contributed by atoms with E-state index in [1.54, 1.807) is 37.4 Å². The molecule has 2 rings (SSSR count). The highest BCUT2D eigenvalue weighted by Gasteiger charge is 2.13. The second-order valence-corrected chi connectivity index (χ2v) is 6.89. The summed E-state index contributed by atoms with van der Waals surface area (Å²) in [5.74, 6) is -0.536. The van der Waals surface area contributed by atoms with Gasteiger partial charge in [-0.2, -0.15) is 0 Å². The molecule has 0 aliphatic carbocycles. The van der Waals surface area contributed by atoms with Gasteiger partial charge in [0.1, 0.15) is 5.82 Å². The van der Waals surface area contributed by atoms with E-state index in [0.717, 1.165) is 18.4 Å². The Bertz CT molecular complexity index is 783. The zero-order valence-corrected chi connectivity index (χ0v) is 16.6. The Morgan fingerprint density at radius 2 is 1.71 bits per heavy atom. The van der Waals surface area contributed by atoms with Crippen LogP contribution in [0.5, 0.6) is 0 Å². The minimum atomic E-state index is -0.410. The molecule has 0 unspecified atom stereocenters. The van der Waals surface area contributed by atoms with Gasteiger partial charge in [-0.15, -0.1) is 0 Å². The lowest BCUT2D eigenvalue weighted by Crippen LogP contribution is -2.35. The van der Waals surface area contributed by atoms with Crippen LogP contribution in [0.3, 0.4) is 0 Å². The van der Waals surface area contributed by atoms with Gasteiger partial charge in [0.15, 0.2) is 0 Å². The Hall–Kier alpha value is -2.60. The number of carbonyl (C=O) groups excluding carboxylic acids is 2. The van der Waals surface area contributed by atoms with Gasteiger partial charge in [-0.3, -0.25) is 4.79 Å². The van der Waals surface area contributed by atoms with Crippen molar-refractivity contribution in [1.29, 1.82) is 0 Å². The van der Waals surface area contributed by atoms with Crippen LogP contribution in [0.15, 0.2) is 48.5 Å². The summed E-state index contributed by atoms with van der Waals surface area (Å²) in [4.78, 5) is 25.3. The number of unbranched alkanes of at least 4 members (excludes halogenated alkanes) is 2. The number of anilines is 1. The molecule has 2 aromatic carbocycles. The van der Waals surface area contributed by atoms with Crippen molar-refractivity contribution in [3.63, 3.8) is 0 Å². The van der Waals surface area contributed by atoms with E-state index in [1.807, 2.05) is 12.1 Å². The van der Waals surface area contributed by atoms with Gasteiger partial charge in [0.25, 0.3) is 0 Å². The van der Waals surface area contributed by atoms with Crippen molar-refractivity contribution in [2.24, 2.45) is 0 Å². The van der Waals surface area contributed by atoms with Crippen LogP contribution in [0.2, 0.25) is 5.02 Å². The minimum Gasteiger partial charge on any atom is -0.338 e. The maximum atomic E-state index is 13.7. The van der Waals surface area contributed by atoms with Crippen molar-refractivity contribution in [2.75, 3.05) is 18.5 Å². The largest absolute Gasteiger partial charge is 0.338 e. The quantitative estimate of drug-likeness (QED) is 0.603. The first kappa shape index (κ1) is 21.7. The number of amides is 3. The molecule has 0 radical (unpaired) electrons. The lowest BCUT2D eigenvalue weighted by atomic mass is 10.1. The van der Waals surface area contributed by atoms with Gasteiger partial charge in [0, 0.05) is 31.6 Å². The van der Waals surface area contributed by atoms with Crippen molar-refractivity contribution in [1.82, 2.24) is 10.6 Å². The summed E-state index contributed by atoms with van der Waals surface area (Å²) >= 11 is 5.82. The number of hydrogen-bond acceptors (Lipinski definition) is 2. The maximum Gasteiger partial charge on any atom is 0.315 e. The van der Waals surface area contributed by atoms with Crippen LogP contribution in [0.25, 0.3) is 0 Å². The number of carbonyl (C=O) groups is 2. The lowest BCUT2D eigenvalue weighted by molar-refractivity contribution is -0.118. The maximum absolute atomic E-state index is 13.7. The Balaban J connectivity index is 1.56. The highest BCUT2D eigenvalue weighted by atomic mass is 35.5. The van der Waals surface area contributed by atoms with Gasteiger partial charge in [-0.05, 0) is 42.7 Å². The van der Waals surface area contributed by atoms with E-state index in [2.05, 4.69) is 10.6 Å². The topological polar surface area (TPSA) is 61.4 Å². The normalized spacial score (nSPS) is 10.4. The Morgan fingerprint density at radius 1 is 1.00 bits per heavy atom. The lowest BCUT2D eigenvalue weighted by Gasteiger charge is -2.17. The number of para-hydroxylation sites is 1. The molecule has 2 N–H and O–H groups in total. The molecule has 7 heteroatoms. The first-order chi connectivity index (χ1) is 13.5. The fourth-order valence-corrected chi connectivity index (χ4v) is 2.78. The fourth-order valence-electron chi connectivity index (χ4n) is 2.65. The van der Waals surface area contributed by atoms with Crippen LogP contribution in [0.1, 0.15) is 31.2 Å². The van der Waals surface area contributed by atoms with Gasteiger partial charge < -0.3 is 15.5 Å². The number of nitrogens with zero attached hydrogens (tertiary/aromatic N) is 1. The highest BCUT2D eigenvalue weighted by molar-refractivity contribution is 6.30. The molecular weight excluding hydrogens is 381 g/mol. The standard InChI is InChI=1S/C21H25ClFN3O2/c1-26(19-8-5-4-7-18(19)23)20(27)9-3-2-6-14-24-21(28)25-15-16-10-12-17(22)13-11-16/h4-5,7-8,10-13H,2-3,6,9,14-15H2,1H3,(H2,24,25,28). The molecule has 0 aliphatic heterocycles. The van der Waals surface area contributed by atoms with Gasteiger partial charge in [-0.25, -0.2) is 9.18 Å². The summed E-state index contributed by atoms with van der Waals surface area (Å²) in [5, 5.41) is 6.22. The zero-order chi connectivity index (χ0) is 20.4. The summed E-state index contributed by atoms with van der Waals surface area (Å²) in [6.45, 7) is 0.962. The summed E-state index contributed by atoms with van der Waals surface area (Å²) in [6, 6.07) is 13.3. The van der Waals surface area contributed by atoms with Gasteiger partial charge in [0.05, 0.1) is 5.69 Å². The molecule has 2 aromatic rings. The van der Waals surface area contributed by atoms with Crippen LogP contribution < -0.4 is 15.5 Å². The zero-order valence-electron chi connectivity index (χ0n) is 15.9. The second kappa shape index (κ2) is 11.3. The van der Waals surface area contributed by atoms with E-state index in [1.165, 1.54) is 11.0 Å². The Morgan fingerprint density at radius 3 is 2.43 bits per heavy atom. The minimum absolute atomic E-state index is 0.126. The average Bonchev–Trinajstić information content (AvgIpc) is 2.69. The number of nitrogens with one attached hydrogen (secondary N) is 2. The van der Waals surface area contributed by atoms with E-state index in [4.69, 9.17) is 11.6 Å². The second-order valence-electron chi connectivity index (χ2n) is 6.45. The van der Waals surface area contributed by atoms with Crippen molar-refractivity contribution < 1.29 is 14.0 Å². The third-order valence-corrected chi connectivity index (χ3v) is 4.56. The molecular formula is C21H25ClFN3O2. The highest BCUT2D eigenvalue weighted by Crippen LogP contribution is 2.18. The molecule has 0 heterocycles. The van der Waals surface area contributed by atoms with Crippen LogP contribution in [-0.4, -0.2) is 25.5 Å². The number of rotatable bonds is 9. The first-order valence-electron chi connectivity index (χ1n) is 9.24. The van der Waals surface area contributed by atoms with Crippen molar-refractivity contribution in [3.8, 4) is 0 Å². The van der Waals surface area contributed by atoms with Gasteiger partial charge in [-0.1, -0.05) is 42.3 Å². The van der Waals surface area contributed by atoms with E-state index in [0.29, 0.717) is 31.0 Å². The Labute approximate surface area is 169 Å². The first-order valence-corrected chi connectivity index (χ1v) is 9.62. The molecule has 0 bridgehead atoms. The predicted octanol–water partition coefficient (Wildman–Crippen LogP) is 4.50. The van der Waals surface area contributed by atoms with Crippen LogP contribution >= 0.6 is 11.6 Å². The molecule has 0 aliphatic rings. The Kier molecular flexibility index (Phi) is 8.75. The fraction of sp³-hybridized carbons (Fsp3) is 0.333. The molecule has 0 spiro atoms. The third kappa shape index (κ3) is 7.19. The van der Waals surface area contributed by atoms with Crippen molar-refractivity contribution >= 4 is 29.2 Å². The van der Waals surface area contributed by atoms with Crippen LogP contribution in [-0.2, 0) is 11.3 Å². The smallest absolute Gasteiger partial charge is 0.315 e. The average molecular weight is 406 g/mol. The summed E-state index contributed by atoms with van der Waals surface area (Å²) in [7, 11) is 1.58. The number of hydrogen-bond donors (Lipinski definition) is 2. The van der Waals surface area contributed by atoms with Crippen molar-refractivity contribution in [2.45, 2.75) is 32.2 Å². The summed E-state index contributed by atoms with van der Waals surface area (Å²) in [6.07, 6.45) is 2.60. The molecule has 5 nitrogen and oxygen atoms in total. The SMILES string of the molecule is CN(C(=O)CCCCCNC(=O)NCc1ccc(Cl)cc1)c1ccccc1F. The van der Waals surface area contributed by atoms with E-state index in [-0.39, 0.29) is 17.6 Å². The molecule has 0 fully saturated rings. The number of halogens is 2. The van der Waals surface area contributed by atoms with E-state index < -0.39 is 5.82 Å². The molecule has 150 valence electrons.